The van der Waals surface area contributed by atoms with E-state index in [0.29, 0.717) is 0 Å². The van der Waals surface area contributed by atoms with Gasteiger partial charge in [0.25, 0.3) is 0 Å². The van der Waals surface area contributed by atoms with Crippen molar-refractivity contribution in [1.29, 1.82) is 0 Å². The Hall–Kier alpha value is -1.72. The number of imidazole rings is 1. The van der Waals surface area contributed by atoms with E-state index in [-0.39, 0.29) is 0 Å². The first-order valence-corrected chi connectivity index (χ1v) is 7.16. The van der Waals surface area contributed by atoms with Crippen LogP contribution in [0.5, 0.6) is 0 Å². The number of hydrogen-bond acceptors (Lipinski definition) is 4. The first-order chi connectivity index (χ1) is 9.28. The summed E-state index contributed by atoms with van der Waals surface area (Å²) in [7, 11) is 3.97. The summed E-state index contributed by atoms with van der Waals surface area (Å²) < 4.78 is 2.03. The van der Waals surface area contributed by atoms with Crippen LogP contribution in [0.25, 0.3) is 22.3 Å². The Balaban J connectivity index is 1.92. The fourth-order valence-corrected chi connectivity index (χ4v) is 2.89. The van der Waals surface area contributed by atoms with Crippen molar-refractivity contribution in [1.82, 2.24) is 19.9 Å². The van der Waals surface area contributed by atoms with Gasteiger partial charge in [-0.05, 0) is 19.2 Å². The van der Waals surface area contributed by atoms with Crippen LogP contribution in [0, 0.1) is 0 Å². The molecule has 5 heteroatoms. The van der Waals surface area contributed by atoms with Crippen molar-refractivity contribution in [2.24, 2.45) is 7.05 Å². The Bertz CT molecular complexity index is 698. The second-order valence-electron chi connectivity index (χ2n) is 4.54. The number of thiazole rings is 1. The standard InChI is InChI=1S/C14H16N4S/c1-15-6-5-14-17-12(8-19-14)10-3-4-13-11(7-10)16-9-18(13)2/h3-4,7-9,15H,5-6H2,1-2H3. The van der Waals surface area contributed by atoms with E-state index in [2.05, 4.69) is 38.9 Å². The molecule has 3 rings (SSSR count). The minimum absolute atomic E-state index is 0.965. The van der Waals surface area contributed by atoms with E-state index in [0.717, 1.165) is 35.3 Å². The van der Waals surface area contributed by atoms with Gasteiger partial charge in [-0.25, -0.2) is 9.97 Å². The van der Waals surface area contributed by atoms with Crippen LogP contribution < -0.4 is 5.32 Å². The summed E-state index contributed by atoms with van der Waals surface area (Å²) in [6, 6.07) is 6.32. The van der Waals surface area contributed by atoms with E-state index < -0.39 is 0 Å². The fourth-order valence-electron chi connectivity index (χ4n) is 2.09. The van der Waals surface area contributed by atoms with Gasteiger partial charge in [-0.1, -0.05) is 6.07 Å². The molecular weight excluding hydrogens is 256 g/mol. The Morgan fingerprint density at radius 3 is 3.11 bits per heavy atom. The van der Waals surface area contributed by atoms with Gasteiger partial charge in [-0.15, -0.1) is 11.3 Å². The number of aryl methyl sites for hydroxylation is 1. The fraction of sp³-hybridized carbons (Fsp3) is 0.286. The van der Waals surface area contributed by atoms with Gasteiger partial charge in [0.05, 0.1) is 28.1 Å². The maximum Gasteiger partial charge on any atom is 0.0955 e. The van der Waals surface area contributed by atoms with E-state index >= 15 is 0 Å². The van der Waals surface area contributed by atoms with Gasteiger partial charge in [0.2, 0.25) is 0 Å². The molecule has 2 heterocycles. The zero-order valence-electron chi connectivity index (χ0n) is 11.1. The predicted octanol–water partition coefficient (Wildman–Crippen LogP) is 2.46. The predicted molar refractivity (Wildman–Crippen MR) is 79.5 cm³/mol. The molecule has 0 bridgehead atoms. The highest BCUT2D eigenvalue weighted by Gasteiger charge is 2.07. The summed E-state index contributed by atoms with van der Waals surface area (Å²) in [4.78, 5) is 9.06. The summed E-state index contributed by atoms with van der Waals surface area (Å²) in [5.41, 5.74) is 4.35. The average molecular weight is 272 g/mol. The number of rotatable bonds is 4. The van der Waals surface area contributed by atoms with Gasteiger partial charge in [-0.2, -0.15) is 0 Å². The van der Waals surface area contributed by atoms with Crippen LogP contribution in [0.3, 0.4) is 0 Å². The molecule has 0 amide bonds. The van der Waals surface area contributed by atoms with Crippen molar-refractivity contribution in [2.45, 2.75) is 6.42 Å². The summed E-state index contributed by atoms with van der Waals surface area (Å²) >= 11 is 1.72. The highest BCUT2D eigenvalue weighted by Crippen LogP contribution is 2.25. The molecule has 0 spiro atoms. The van der Waals surface area contributed by atoms with Crippen LogP contribution in [0.2, 0.25) is 0 Å². The van der Waals surface area contributed by atoms with Gasteiger partial charge in [0.1, 0.15) is 0 Å². The molecular formula is C14H16N4S. The van der Waals surface area contributed by atoms with Crippen LogP contribution in [-0.2, 0) is 13.5 Å². The molecule has 0 unspecified atom stereocenters. The third kappa shape index (κ3) is 2.39. The first kappa shape index (κ1) is 12.3. The van der Waals surface area contributed by atoms with E-state index in [1.807, 2.05) is 25.0 Å². The number of hydrogen-bond donors (Lipinski definition) is 1. The smallest absolute Gasteiger partial charge is 0.0955 e. The molecule has 0 aliphatic heterocycles. The molecule has 0 atom stereocenters. The summed E-state index contributed by atoms with van der Waals surface area (Å²) in [5.74, 6) is 0. The molecule has 0 aliphatic rings. The lowest BCUT2D eigenvalue weighted by atomic mass is 10.1. The zero-order chi connectivity index (χ0) is 13.2. The SMILES string of the molecule is CNCCc1nc(-c2ccc3c(c2)ncn3C)cs1. The topological polar surface area (TPSA) is 42.7 Å². The van der Waals surface area contributed by atoms with E-state index in [1.165, 1.54) is 5.01 Å². The molecule has 0 saturated carbocycles. The zero-order valence-corrected chi connectivity index (χ0v) is 11.9. The Morgan fingerprint density at radius 2 is 2.26 bits per heavy atom. The number of likely N-dealkylation sites (N-methyl/N-ethyl adjacent to an activating group) is 1. The van der Waals surface area contributed by atoms with Gasteiger partial charge in [-0.3, -0.25) is 0 Å². The van der Waals surface area contributed by atoms with E-state index in [9.17, 15) is 0 Å². The van der Waals surface area contributed by atoms with Crippen molar-refractivity contribution < 1.29 is 0 Å². The molecule has 1 N–H and O–H groups in total. The Kier molecular flexibility index (Phi) is 3.31. The van der Waals surface area contributed by atoms with Crippen molar-refractivity contribution in [3.63, 3.8) is 0 Å². The van der Waals surface area contributed by atoms with Gasteiger partial charge >= 0.3 is 0 Å². The molecule has 0 aliphatic carbocycles. The minimum atomic E-state index is 0.965. The van der Waals surface area contributed by atoms with Crippen LogP contribution in [0.15, 0.2) is 29.9 Å². The number of fused-ring (bicyclic) bond motifs is 1. The molecule has 0 radical (unpaired) electrons. The van der Waals surface area contributed by atoms with Crippen molar-refractivity contribution in [3.8, 4) is 11.3 Å². The van der Waals surface area contributed by atoms with Crippen molar-refractivity contribution in [2.75, 3.05) is 13.6 Å². The highest BCUT2D eigenvalue weighted by atomic mass is 32.1. The first-order valence-electron chi connectivity index (χ1n) is 6.28. The van der Waals surface area contributed by atoms with Gasteiger partial charge in [0, 0.05) is 31.0 Å². The molecule has 0 saturated heterocycles. The maximum atomic E-state index is 4.68. The normalized spacial score (nSPS) is 11.3. The molecule has 2 aromatic heterocycles. The summed E-state index contributed by atoms with van der Waals surface area (Å²) in [5, 5.41) is 6.44. The molecule has 98 valence electrons. The number of nitrogens with one attached hydrogen (secondary N) is 1. The lowest BCUT2D eigenvalue weighted by Gasteiger charge is -1.98. The second kappa shape index (κ2) is 5.11. The number of benzene rings is 1. The lowest BCUT2D eigenvalue weighted by molar-refractivity contribution is 0.788. The third-order valence-electron chi connectivity index (χ3n) is 3.16. The number of nitrogens with zero attached hydrogens (tertiary/aromatic N) is 3. The Labute approximate surface area is 116 Å². The largest absolute Gasteiger partial charge is 0.334 e. The quantitative estimate of drug-likeness (QED) is 0.793. The van der Waals surface area contributed by atoms with Crippen LogP contribution in [-0.4, -0.2) is 28.1 Å². The highest BCUT2D eigenvalue weighted by molar-refractivity contribution is 7.09. The molecule has 0 fully saturated rings. The monoisotopic (exact) mass is 272 g/mol. The van der Waals surface area contributed by atoms with Crippen molar-refractivity contribution >= 4 is 22.4 Å². The van der Waals surface area contributed by atoms with E-state index in [4.69, 9.17) is 0 Å². The molecule has 1 aromatic carbocycles. The second-order valence-corrected chi connectivity index (χ2v) is 5.48. The van der Waals surface area contributed by atoms with Crippen LogP contribution in [0.4, 0.5) is 0 Å². The summed E-state index contributed by atoms with van der Waals surface area (Å²) in [6.45, 7) is 0.965. The lowest BCUT2D eigenvalue weighted by Crippen LogP contribution is -2.09. The summed E-state index contributed by atoms with van der Waals surface area (Å²) in [6.07, 6.45) is 2.82. The molecule has 4 nitrogen and oxygen atoms in total. The minimum Gasteiger partial charge on any atom is -0.334 e. The van der Waals surface area contributed by atoms with Crippen LogP contribution in [0.1, 0.15) is 5.01 Å². The number of aromatic nitrogens is 3. The van der Waals surface area contributed by atoms with E-state index in [1.54, 1.807) is 11.3 Å². The Morgan fingerprint density at radius 1 is 1.37 bits per heavy atom. The molecule has 3 aromatic rings. The molecule has 19 heavy (non-hydrogen) atoms. The van der Waals surface area contributed by atoms with Crippen LogP contribution >= 0.6 is 11.3 Å². The third-order valence-corrected chi connectivity index (χ3v) is 4.07. The average Bonchev–Trinajstić information content (AvgIpc) is 3.04. The van der Waals surface area contributed by atoms with Gasteiger partial charge in [0.15, 0.2) is 0 Å². The van der Waals surface area contributed by atoms with Crippen molar-refractivity contribution in [3.05, 3.63) is 34.9 Å². The van der Waals surface area contributed by atoms with Gasteiger partial charge < -0.3 is 9.88 Å². The maximum absolute atomic E-state index is 4.68.